The number of benzene rings is 1. The maximum absolute atomic E-state index is 12.1. The van der Waals surface area contributed by atoms with Crippen molar-refractivity contribution in [2.75, 3.05) is 0 Å². The molecule has 3 amide bonds. The van der Waals surface area contributed by atoms with Crippen LogP contribution in [-0.2, 0) is 11.3 Å². The summed E-state index contributed by atoms with van der Waals surface area (Å²) in [5, 5.41) is 7.15. The number of aromatic amines is 1. The van der Waals surface area contributed by atoms with Crippen molar-refractivity contribution < 1.29 is 9.59 Å². The minimum atomic E-state index is -0.905. The highest BCUT2D eigenvalue weighted by Gasteiger charge is 2.40. The van der Waals surface area contributed by atoms with Crippen molar-refractivity contribution in [1.29, 1.82) is 0 Å². The summed E-state index contributed by atoms with van der Waals surface area (Å²) in [5.74, 6) is -0.467. The van der Waals surface area contributed by atoms with Gasteiger partial charge in [0.05, 0.1) is 6.54 Å². The molecular formula is C16H19ClN4O2. The second-order valence-electron chi connectivity index (χ2n) is 5.99. The number of primary amides is 1. The van der Waals surface area contributed by atoms with Crippen molar-refractivity contribution in [3.8, 4) is 0 Å². The van der Waals surface area contributed by atoms with Crippen LogP contribution in [0.3, 0.4) is 0 Å². The molecule has 2 aromatic rings. The third-order valence-corrected chi connectivity index (χ3v) is 4.59. The van der Waals surface area contributed by atoms with Crippen LogP contribution in [0.2, 0.25) is 5.02 Å². The molecule has 0 spiro atoms. The number of amides is 3. The number of rotatable bonds is 4. The predicted molar refractivity (Wildman–Crippen MR) is 89.1 cm³/mol. The van der Waals surface area contributed by atoms with Gasteiger partial charge >= 0.3 is 6.03 Å². The van der Waals surface area contributed by atoms with Gasteiger partial charge in [-0.3, -0.25) is 4.79 Å². The third-order valence-electron chi connectivity index (χ3n) is 4.36. The number of hydrogen-bond donors (Lipinski definition) is 4. The van der Waals surface area contributed by atoms with Crippen LogP contribution in [0.1, 0.15) is 31.4 Å². The number of carbonyl (C=O) groups excluding carboxylic acids is 2. The highest BCUT2D eigenvalue weighted by atomic mass is 35.5. The van der Waals surface area contributed by atoms with Gasteiger partial charge in [0.25, 0.3) is 0 Å². The second-order valence-corrected chi connectivity index (χ2v) is 6.42. The van der Waals surface area contributed by atoms with Crippen LogP contribution in [0.5, 0.6) is 0 Å². The topological polar surface area (TPSA) is 100 Å². The van der Waals surface area contributed by atoms with Crippen molar-refractivity contribution in [3.63, 3.8) is 0 Å². The van der Waals surface area contributed by atoms with Crippen molar-refractivity contribution in [3.05, 3.63) is 35.0 Å². The number of nitrogens with one attached hydrogen (secondary N) is 3. The molecule has 1 aliphatic rings. The first-order valence-corrected chi connectivity index (χ1v) is 7.99. The first kappa shape index (κ1) is 15.7. The van der Waals surface area contributed by atoms with Crippen molar-refractivity contribution >= 4 is 34.4 Å². The fraction of sp³-hybridized carbons (Fsp3) is 0.375. The molecule has 1 fully saturated rings. The standard InChI is InChI=1S/C16H19ClN4O2/c17-11-3-4-13-10(7-11)8-12(20-13)9-19-15(23)21-16(14(18)22)5-1-2-6-16/h3-4,7-8,20H,1-2,5-6,9H2,(H2,18,22)(H2,19,21,23). The summed E-state index contributed by atoms with van der Waals surface area (Å²) in [6.45, 7) is 0.326. The summed E-state index contributed by atoms with van der Waals surface area (Å²) < 4.78 is 0. The van der Waals surface area contributed by atoms with Gasteiger partial charge in [0.1, 0.15) is 5.54 Å². The predicted octanol–water partition coefficient (Wildman–Crippen LogP) is 2.42. The largest absolute Gasteiger partial charge is 0.368 e. The molecule has 1 aromatic heterocycles. The Labute approximate surface area is 138 Å². The van der Waals surface area contributed by atoms with Gasteiger partial charge < -0.3 is 21.4 Å². The number of aromatic nitrogens is 1. The number of carbonyl (C=O) groups is 2. The zero-order chi connectivity index (χ0) is 16.4. The zero-order valence-corrected chi connectivity index (χ0v) is 13.4. The van der Waals surface area contributed by atoms with Gasteiger partial charge in [-0.15, -0.1) is 0 Å². The lowest BCUT2D eigenvalue weighted by Crippen LogP contribution is -2.57. The fourth-order valence-corrected chi connectivity index (χ4v) is 3.29. The number of halogens is 1. The maximum atomic E-state index is 12.1. The van der Waals surface area contributed by atoms with Gasteiger partial charge in [0, 0.05) is 21.6 Å². The lowest BCUT2D eigenvalue weighted by atomic mass is 9.97. The molecule has 0 unspecified atom stereocenters. The van der Waals surface area contributed by atoms with E-state index in [2.05, 4.69) is 15.6 Å². The molecule has 0 bridgehead atoms. The summed E-state index contributed by atoms with van der Waals surface area (Å²) in [6, 6.07) is 7.10. The molecule has 3 rings (SSSR count). The van der Waals surface area contributed by atoms with E-state index in [4.69, 9.17) is 17.3 Å². The van der Waals surface area contributed by atoms with Gasteiger partial charge in [-0.2, -0.15) is 0 Å². The molecule has 1 aliphatic carbocycles. The van der Waals surface area contributed by atoms with Crippen LogP contribution < -0.4 is 16.4 Å². The average molecular weight is 335 g/mol. The molecule has 23 heavy (non-hydrogen) atoms. The van der Waals surface area contributed by atoms with Crippen LogP contribution in [-0.4, -0.2) is 22.5 Å². The molecule has 1 heterocycles. The molecule has 6 nitrogen and oxygen atoms in total. The van der Waals surface area contributed by atoms with Gasteiger partial charge in [-0.05, 0) is 37.1 Å². The Bertz CT molecular complexity index is 750. The van der Waals surface area contributed by atoms with E-state index in [1.807, 2.05) is 18.2 Å². The van der Waals surface area contributed by atoms with Gasteiger partial charge in [0.15, 0.2) is 0 Å². The molecule has 1 aromatic carbocycles. The molecule has 0 radical (unpaired) electrons. The highest BCUT2D eigenvalue weighted by Crippen LogP contribution is 2.29. The lowest BCUT2D eigenvalue weighted by molar-refractivity contribution is -0.123. The van der Waals surface area contributed by atoms with E-state index in [9.17, 15) is 9.59 Å². The van der Waals surface area contributed by atoms with Crippen LogP contribution in [0, 0.1) is 0 Å². The molecule has 0 aliphatic heterocycles. The Morgan fingerprint density at radius 1 is 1.26 bits per heavy atom. The smallest absolute Gasteiger partial charge is 0.315 e. The number of fused-ring (bicyclic) bond motifs is 1. The van der Waals surface area contributed by atoms with E-state index >= 15 is 0 Å². The minimum Gasteiger partial charge on any atom is -0.368 e. The summed E-state index contributed by atoms with van der Waals surface area (Å²) in [7, 11) is 0. The van der Waals surface area contributed by atoms with Crippen molar-refractivity contribution in [1.82, 2.24) is 15.6 Å². The first-order chi connectivity index (χ1) is 11.0. The van der Waals surface area contributed by atoms with Gasteiger partial charge in [0.2, 0.25) is 5.91 Å². The Morgan fingerprint density at radius 2 is 2.00 bits per heavy atom. The highest BCUT2D eigenvalue weighted by molar-refractivity contribution is 6.31. The Morgan fingerprint density at radius 3 is 2.70 bits per heavy atom. The average Bonchev–Trinajstić information content (AvgIpc) is 3.12. The second kappa shape index (κ2) is 6.12. The maximum Gasteiger partial charge on any atom is 0.315 e. The molecule has 0 atom stereocenters. The number of urea groups is 1. The van der Waals surface area contributed by atoms with E-state index < -0.39 is 11.4 Å². The number of nitrogens with two attached hydrogens (primary N) is 1. The zero-order valence-electron chi connectivity index (χ0n) is 12.6. The normalized spacial score (nSPS) is 16.4. The Kier molecular flexibility index (Phi) is 4.17. The van der Waals surface area contributed by atoms with Crippen LogP contribution in [0.4, 0.5) is 4.79 Å². The monoisotopic (exact) mass is 334 g/mol. The van der Waals surface area contributed by atoms with E-state index in [-0.39, 0.29) is 6.03 Å². The molecular weight excluding hydrogens is 316 g/mol. The molecule has 7 heteroatoms. The van der Waals surface area contributed by atoms with Gasteiger partial charge in [-0.1, -0.05) is 24.4 Å². The van der Waals surface area contributed by atoms with Crippen LogP contribution >= 0.6 is 11.6 Å². The summed E-state index contributed by atoms with van der Waals surface area (Å²) in [4.78, 5) is 26.9. The van der Waals surface area contributed by atoms with Crippen LogP contribution in [0.15, 0.2) is 24.3 Å². The van der Waals surface area contributed by atoms with Crippen LogP contribution in [0.25, 0.3) is 10.9 Å². The molecule has 122 valence electrons. The van der Waals surface area contributed by atoms with E-state index in [0.29, 0.717) is 24.4 Å². The molecule has 1 saturated carbocycles. The Balaban J connectivity index is 1.62. The number of H-pyrrole nitrogens is 1. The quantitative estimate of drug-likeness (QED) is 0.690. The van der Waals surface area contributed by atoms with E-state index in [1.165, 1.54) is 0 Å². The Hall–Kier alpha value is -2.21. The minimum absolute atomic E-state index is 0.326. The van der Waals surface area contributed by atoms with E-state index in [0.717, 1.165) is 29.4 Å². The SMILES string of the molecule is NC(=O)C1(NC(=O)NCc2cc3cc(Cl)ccc3[nH]2)CCCC1. The number of hydrogen-bond acceptors (Lipinski definition) is 2. The van der Waals surface area contributed by atoms with Crippen molar-refractivity contribution in [2.45, 2.75) is 37.8 Å². The lowest BCUT2D eigenvalue weighted by Gasteiger charge is -2.26. The van der Waals surface area contributed by atoms with Crippen molar-refractivity contribution in [2.24, 2.45) is 5.73 Å². The molecule has 0 saturated heterocycles. The molecule has 5 N–H and O–H groups in total. The summed E-state index contributed by atoms with van der Waals surface area (Å²) in [6.07, 6.45) is 2.99. The first-order valence-electron chi connectivity index (χ1n) is 7.62. The van der Waals surface area contributed by atoms with E-state index in [1.54, 1.807) is 6.07 Å². The summed E-state index contributed by atoms with van der Waals surface area (Å²) >= 11 is 5.96. The summed E-state index contributed by atoms with van der Waals surface area (Å²) in [5.41, 5.74) is 6.36. The van der Waals surface area contributed by atoms with Gasteiger partial charge in [-0.25, -0.2) is 4.79 Å². The third kappa shape index (κ3) is 3.27. The fourth-order valence-electron chi connectivity index (χ4n) is 3.11.